The van der Waals surface area contributed by atoms with Crippen molar-refractivity contribution in [1.82, 2.24) is 9.55 Å². The second kappa shape index (κ2) is 7.31. The number of hydrogen-bond acceptors (Lipinski definition) is 5. The number of esters is 1. The predicted octanol–water partition coefficient (Wildman–Crippen LogP) is 4.08. The van der Waals surface area contributed by atoms with Crippen LogP contribution in [0.4, 0.5) is 0 Å². The fraction of sp³-hybridized carbons (Fsp3) is 0.227. The highest BCUT2D eigenvalue weighted by atomic mass is 16.5. The van der Waals surface area contributed by atoms with Gasteiger partial charge < -0.3 is 13.7 Å². The first kappa shape index (κ1) is 18.0. The van der Waals surface area contributed by atoms with Crippen molar-refractivity contribution in [1.29, 1.82) is 0 Å². The summed E-state index contributed by atoms with van der Waals surface area (Å²) in [5.41, 5.74) is 3.11. The summed E-state index contributed by atoms with van der Waals surface area (Å²) in [5.74, 6) is 0.196. The van der Waals surface area contributed by atoms with Crippen molar-refractivity contribution in [3.8, 4) is 0 Å². The quantitative estimate of drug-likeness (QED) is 0.374. The van der Waals surface area contributed by atoms with Crippen LogP contribution < -0.4 is 0 Å². The molecule has 0 atom stereocenters. The Hall–Kier alpha value is -3.41. The Morgan fingerprint density at radius 2 is 1.86 bits per heavy atom. The number of furan rings is 1. The highest BCUT2D eigenvalue weighted by molar-refractivity contribution is 6.01. The third kappa shape index (κ3) is 3.17. The van der Waals surface area contributed by atoms with Crippen LogP contribution in [0.1, 0.15) is 28.9 Å². The van der Waals surface area contributed by atoms with Crippen LogP contribution in [0.5, 0.6) is 0 Å². The minimum absolute atomic E-state index is 0.01000. The molecule has 0 aliphatic heterocycles. The van der Waals surface area contributed by atoms with E-state index in [1.807, 2.05) is 66.9 Å². The lowest BCUT2D eigenvalue weighted by Crippen LogP contribution is -2.19. The minimum Gasteiger partial charge on any atom is -0.456 e. The molecule has 0 unspecified atom stereocenters. The van der Waals surface area contributed by atoms with Gasteiger partial charge in [-0.1, -0.05) is 37.3 Å². The molecule has 2 heterocycles. The molecule has 6 nitrogen and oxygen atoms in total. The zero-order valence-corrected chi connectivity index (χ0v) is 15.8. The number of para-hydroxylation sites is 3. The van der Waals surface area contributed by atoms with Crippen molar-refractivity contribution in [2.24, 2.45) is 0 Å². The second-order valence-electron chi connectivity index (χ2n) is 6.59. The van der Waals surface area contributed by atoms with Crippen molar-refractivity contribution < 1.29 is 18.7 Å². The fourth-order valence-electron chi connectivity index (χ4n) is 3.40. The average Bonchev–Trinajstić information content (AvgIpc) is 3.24. The van der Waals surface area contributed by atoms with E-state index in [1.54, 1.807) is 0 Å². The lowest BCUT2D eigenvalue weighted by molar-refractivity contribution is -0.143. The number of benzene rings is 2. The first-order valence-electron chi connectivity index (χ1n) is 9.19. The molecular weight excluding hydrogens is 356 g/mol. The first-order valence-corrected chi connectivity index (χ1v) is 9.19. The van der Waals surface area contributed by atoms with Gasteiger partial charge in [-0.05, 0) is 25.1 Å². The molecule has 4 aromatic rings. The van der Waals surface area contributed by atoms with Gasteiger partial charge in [-0.2, -0.15) is 0 Å². The summed E-state index contributed by atoms with van der Waals surface area (Å²) >= 11 is 0. The molecule has 6 heteroatoms. The number of ether oxygens (including phenoxy) is 1. The number of Topliss-reactive ketones (excluding diaryl/α,β-unsaturated/α-hetero) is 1. The summed E-state index contributed by atoms with van der Waals surface area (Å²) in [6.45, 7) is 3.46. The largest absolute Gasteiger partial charge is 0.456 e. The van der Waals surface area contributed by atoms with Crippen LogP contribution in [0.15, 0.2) is 52.9 Å². The van der Waals surface area contributed by atoms with Crippen LogP contribution >= 0.6 is 0 Å². The van der Waals surface area contributed by atoms with Gasteiger partial charge in [-0.3, -0.25) is 9.59 Å². The second-order valence-corrected chi connectivity index (χ2v) is 6.59. The number of fused-ring (bicyclic) bond motifs is 2. The molecule has 0 N–H and O–H groups in total. The zero-order valence-electron chi connectivity index (χ0n) is 15.8. The maximum absolute atomic E-state index is 12.5. The molecule has 4 rings (SSSR count). The number of aromatic nitrogens is 2. The van der Waals surface area contributed by atoms with Crippen LogP contribution in [0, 0.1) is 6.92 Å². The number of rotatable bonds is 6. The molecule has 28 heavy (non-hydrogen) atoms. The monoisotopic (exact) mass is 376 g/mol. The van der Waals surface area contributed by atoms with Crippen molar-refractivity contribution >= 4 is 33.8 Å². The van der Waals surface area contributed by atoms with E-state index in [9.17, 15) is 9.59 Å². The Balaban J connectivity index is 1.47. The van der Waals surface area contributed by atoms with Crippen molar-refractivity contribution in [3.63, 3.8) is 0 Å². The number of carbonyl (C=O) groups excluding carboxylic acids is 2. The van der Waals surface area contributed by atoms with E-state index < -0.39 is 5.97 Å². The Kier molecular flexibility index (Phi) is 4.69. The van der Waals surface area contributed by atoms with E-state index >= 15 is 0 Å². The lowest BCUT2D eigenvalue weighted by atomic mass is 10.1. The van der Waals surface area contributed by atoms with E-state index in [1.165, 1.54) is 0 Å². The summed E-state index contributed by atoms with van der Waals surface area (Å²) in [4.78, 5) is 29.4. The number of imidazole rings is 1. The van der Waals surface area contributed by atoms with Gasteiger partial charge in [0, 0.05) is 17.4 Å². The predicted molar refractivity (Wildman–Crippen MR) is 105 cm³/mol. The molecular formula is C22H20N2O4. The molecule has 0 radical (unpaired) electrons. The van der Waals surface area contributed by atoms with Crippen LogP contribution in [-0.2, 0) is 22.5 Å². The van der Waals surface area contributed by atoms with Gasteiger partial charge in [-0.15, -0.1) is 0 Å². The highest BCUT2D eigenvalue weighted by Crippen LogP contribution is 2.25. The van der Waals surface area contributed by atoms with Gasteiger partial charge >= 0.3 is 5.97 Å². The van der Waals surface area contributed by atoms with Gasteiger partial charge in [-0.25, -0.2) is 4.98 Å². The van der Waals surface area contributed by atoms with Crippen molar-refractivity contribution in [2.75, 3.05) is 6.61 Å². The molecule has 142 valence electrons. The Morgan fingerprint density at radius 3 is 2.64 bits per heavy atom. The number of nitrogens with zero attached hydrogens (tertiary/aromatic N) is 2. The third-order valence-electron chi connectivity index (χ3n) is 4.80. The number of ketones is 1. The highest BCUT2D eigenvalue weighted by Gasteiger charge is 2.20. The van der Waals surface area contributed by atoms with E-state index in [0.717, 1.165) is 27.8 Å². The number of aryl methyl sites for hydroxylation is 2. The lowest BCUT2D eigenvalue weighted by Gasteiger charge is -2.08. The molecule has 0 fully saturated rings. The van der Waals surface area contributed by atoms with Crippen LogP contribution in [0.25, 0.3) is 22.0 Å². The molecule has 0 spiro atoms. The Morgan fingerprint density at radius 1 is 1.11 bits per heavy atom. The van der Waals surface area contributed by atoms with Gasteiger partial charge in [0.25, 0.3) is 0 Å². The van der Waals surface area contributed by atoms with Gasteiger partial charge in [0.1, 0.15) is 18.0 Å². The average molecular weight is 376 g/mol. The third-order valence-corrected chi connectivity index (χ3v) is 4.80. The van der Waals surface area contributed by atoms with Gasteiger partial charge in [0.2, 0.25) is 5.78 Å². The van der Waals surface area contributed by atoms with Crippen LogP contribution in [0.2, 0.25) is 0 Å². The van der Waals surface area contributed by atoms with E-state index in [0.29, 0.717) is 12.0 Å². The summed E-state index contributed by atoms with van der Waals surface area (Å²) < 4.78 is 12.7. The van der Waals surface area contributed by atoms with Crippen LogP contribution in [-0.4, -0.2) is 27.9 Å². The topological polar surface area (TPSA) is 74.3 Å². The zero-order chi connectivity index (χ0) is 19.7. The minimum atomic E-state index is -0.486. The van der Waals surface area contributed by atoms with Gasteiger partial charge in [0.15, 0.2) is 12.4 Å². The molecule has 2 aromatic heterocycles. The fourth-order valence-corrected chi connectivity index (χ4v) is 3.40. The molecule has 0 saturated heterocycles. The van der Waals surface area contributed by atoms with Gasteiger partial charge in [0.05, 0.1) is 11.0 Å². The van der Waals surface area contributed by atoms with E-state index in [-0.39, 0.29) is 24.7 Å². The number of hydrogen-bond donors (Lipinski definition) is 0. The standard InChI is InChI=1S/C22H20N2O4/c1-3-20-23-16-9-5-6-10-17(16)24(20)12-21(26)27-13-18(25)22-14(2)15-8-4-7-11-19(15)28-22/h4-11H,3,12-13H2,1-2H3. The van der Waals surface area contributed by atoms with Crippen LogP contribution in [0.3, 0.4) is 0 Å². The Bertz CT molecular complexity index is 1190. The maximum atomic E-state index is 12.5. The van der Waals surface area contributed by atoms with E-state index in [2.05, 4.69) is 4.98 Å². The first-order chi connectivity index (χ1) is 13.6. The van der Waals surface area contributed by atoms with Crippen molar-refractivity contribution in [2.45, 2.75) is 26.8 Å². The SMILES string of the molecule is CCc1nc2ccccc2n1CC(=O)OCC(=O)c1oc2ccccc2c1C. The Labute approximate surface area is 161 Å². The summed E-state index contributed by atoms with van der Waals surface area (Å²) in [6, 6.07) is 15.1. The number of carbonyl (C=O) groups is 2. The van der Waals surface area contributed by atoms with Crippen molar-refractivity contribution in [3.05, 3.63) is 65.7 Å². The maximum Gasteiger partial charge on any atom is 0.326 e. The molecule has 0 aliphatic rings. The van der Waals surface area contributed by atoms with E-state index in [4.69, 9.17) is 9.15 Å². The molecule has 0 saturated carbocycles. The molecule has 2 aromatic carbocycles. The summed E-state index contributed by atoms with van der Waals surface area (Å²) in [5, 5.41) is 0.884. The smallest absolute Gasteiger partial charge is 0.326 e. The molecule has 0 aliphatic carbocycles. The summed E-state index contributed by atoms with van der Waals surface area (Å²) in [7, 11) is 0. The normalized spacial score (nSPS) is 11.2. The molecule has 0 amide bonds. The summed E-state index contributed by atoms with van der Waals surface area (Å²) in [6.07, 6.45) is 0.694. The molecule has 0 bridgehead atoms.